The predicted molar refractivity (Wildman–Crippen MR) is 73.4 cm³/mol. The molecule has 1 saturated carbocycles. The zero-order chi connectivity index (χ0) is 12.4. The maximum Gasteiger partial charge on any atom is 0.238 e. The summed E-state index contributed by atoms with van der Waals surface area (Å²) in [5.41, 5.74) is 1.25. The first-order chi connectivity index (χ1) is 8.86. The van der Waals surface area contributed by atoms with Crippen molar-refractivity contribution in [3.05, 3.63) is 22.4 Å². The van der Waals surface area contributed by atoms with E-state index in [4.69, 9.17) is 0 Å². The van der Waals surface area contributed by atoms with Gasteiger partial charge in [0, 0.05) is 6.04 Å². The predicted octanol–water partition coefficient (Wildman–Crippen LogP) is 2.90. The molecule has 2 heterocycles. The van der Waals surface area contributed by atoms with E-state index in [0.29, 0.717) is 12.6 Å². The van der Waals surface area contributed by atoms with Gasteiger partial charge in [0.25, 0.3) is 0 Å². The Hall–Kier alpha value is -0.870. The Labute approximate surface area is 112 Å². The Morgan fingerprint density at radius 1 is 1.22 bits per heavy atom. The van der Waals surface area contributed by atoms with Gasteiger partial charge in [-0.1, -0.05) is 25.7 Å². The van der Waals surface area contributed by atoms with E-state index in [2.05, 4.69) is 27.0 Å². The van der Waals surface area contributed by atoms with Crippen LogP contribution in [0.15, 0.2) is 16.8 Å². The molecular formula is C14H20N2OS. The van der Waals surface area contributed by atoms with Crippen molar-refractivity contribution >= 4 is 17.2 Å². The number of hydrogen-bond acceptors (Lipinski definition) is 3. The normalized spacial score (nSPS) is 26.6. The highest BCUT2D eigenvalue weighted by Gasteiger charge is 2.36. The van der Waals surface area contributed by atoms with Gasteiger partial charge in [0.15, 0.2) is 0 Å². The Bertz CT molecular complexity index is 396. The second-order valence-corrected chi connectivity index (χ2v) is 6.07. The standard InChI is InChI=1S/C14H20N2OS/c17-13-9-15-14(11-7-8-18-10-11)16(13)12-5-3-1-2-4-6-12/h7-8,10,12,14-15H,1-6,9H2. The summed E-state index contributed by atoms with van der Waals surface area (Å²) in [7, 11) is 0. The Morgan fingerprint density at radius 2 is 2.00 bits per heavy atom. The zero-order valence-corrected chi connectivity index (χ0v) is 11.4. The van der Waals surface area contributed by atoms with Crippen molar-refractivity contribution in [2.75, 3.05) is 6.54 Å². The van der Waals surface area contributed by atoms with Gasteiger partial charge in [-0.05, 0) is 35.2 Å². The molecule has 1 saturated heterocycles. The smallest absolute Gasteiger partial charge is 0.238 e. The number of nitrogens with one attached hydrogen (secondary N) is 1. The van der Waals surface area contributed by atoms with E-state index in [0.717, 1.165) is 0 Å². The first kappa shape index (κ1) is 12.2. The van der Waals surface area contributed by atoms with Gasteiger partial charge in [0.05, 0.1) is 6.54 Å². The van der Waals surface area contributed by atoms with Gasteiger partial charge >= 0.3 is 0 Å². The maximum absolute atomic E-state index is 12.2. The molecule has 1 aromatic heterocycles. The van der Waals surface area contributed by atoms with E-state index < -0.39 is 0 Å². The highest BCUT2D eigenvalue weighted by molar-refractivity contribution is 7.07. The molecule has 1 aliphatic carbocycles. The summed E-state index contributed by atoms with van der Waals surface area (Å²) in [5.74, 6) is 0.276. The van der Waals surface area contributed by atoms with Crippen LogP contribution in [-0.4, -0.2) is 23.4 Å². The third-order valence-electron chi connectivity index (χ3n) is 4.09. The minimum absolute atomic E-state index is 0.117. The molecule has 4 heteroatoms. The fraction of sp³-hybridized carbons (Fsp3) is 0.643. The fourth-order valence-corrected chi connectivity index (χ4v) is 3.86. The van der Waals surface area contributed by atoms with Crippen molar-refractivity contribution in [3.8, 4) is 0 Å². The molecule has 2 fully saturated rings. The van der Waals surface area contributed by atoms with Crippen molar-refractivity contribution < 1.29 is 4.79 Å². The highest BCUT2D eigenvalue weighted by atomic mass is 32.1. The largest absolute Gasteiger partial charge is 0.319 e. The molecule has 0 spiro atoms. The van der Waals surface area contributed by atoms with Crippen LogP contribution < -0.4 is 5.32 Å². The second-order valence-electron chi connectivity index (χ2n) is 5.29. The molecule has 98 valence electrons. The van der Waals surface area contributed by atoms with E-state index in [-0.39, 0.29) is 12.1 Å². The molecule has 0 radical (unpaired) electrons. The average molecular weight is 264 g/mol. The summed E-state index contributed by atoms with van der Waals surface area (Å²) in [4.78, 5) is 14.3. The summed E-state index contributed by atoms with van der Waals surface area (Å²) >= 11 is 1.70. The SMILES string of the molecule is O=C1CNC(c2ccsc2)N1C1CCCCCC1. The van der Waals surface area contributed by atoms with E-state index in [1.807, 2.05) is 0 Å². The lowest BCUT2D eigenvalue weighted by molar-refractivity contribution is -0.130. The molecule has 1 amide bonds. The molecule has 2 aliphatic rings. The number of rotatable bonds is 2. The van der Waals surface area contributed by atoms with Crippen LogP contribution in [0.25, 0.3) is 0 Å². The molecule has 3 rings (SSSR count). The van der Waals surface area contributed by atoms with Gasteiger partial charge in [-0.2, -0.15) is 11.3 Å². The van der Waals surface area contributed by atoms with Crippen molar-refractivity contribution in [2.45, 2.75) is 50.7 Å². The van der Waals surface area contributed by atoms with Crippen LogP contribution in [0, 0.1) is 0 Å². The summed E-state index contributed by atoms with van der Waals surface area (Å²) in [6.07, 6.45) is 7.66. The highest BCUT2D eigenvalue weighted by Crippen LogP contribution is 2.31. The molecule has 1 aromatic rings. The first-order valence-electron chi connectivity index (χ1n) is 6.93. The second kappa shape index (κ2) is 5.41. The molecule has 1 aliphatic heterocycles. The number of nitrogens with zero attached hydrogens (tertiary/aromatic N) is 1. The minimum Gasteiger partial charge on any atom is -0.319 e. The van der Waals surface area contributed by atoms with Crippen LogP contribution in [-0.2, 0) is 4.79 Å². The van der Waals surface area contributed by atoms with Crippen LogP contribution in [0.1, 0.15) is 50.3 Å². The third-order valence-corrected chi connectivity index (χ3v) is 4.79. The van der Waals surface area contributed by atoms with Crippen molar-refractivity contribution in [3.63, 3.8) is 0 Å². The monoisotopic (exact) mass is 264 g/mol. The lowest BCUT2D eigenvalue weighted by Gasteiger charge is -2.32. The van der Waals surface area contributed by atoms with Crippen molar-refractivity contribution in [1.29, 1.82) is 0 Å². The Kier molecular flexibility index (Phi) is 3.66. The average Bonchev–Trinajstić information content (AvgIpc) is 2.93. The van der Waals surface area contributed by atoms with Crippen molar-refractivity contribution in [2.24, 2.45) is 0 Å². The maximum atomic E-state index is 12.2. The van der Waals surface area contributed by atoms with Crippen LogP contribution in [0.3, 0.4) is 0 Å². The summed E-state index contributed by atoms with van der Waals surface area (Å²) in [5, 5.41) is 7.60. The summed E-state index contributed by atoms with van der Waals surface area (Å²) < 4.78 is 0. The first-order valence-corrected chi connectivity index (χ1v) is 7.87. The van der Waals surface area contributed by atoms with E-state index in [9.17, 15) is 4.79 Å². The summed E-state index contributed by atoms with van der Waals surface area (Å²) in [6, 6.07) is 2.57. The van der Waals surface area contributed by atoms with Crippen LogP contribution >= 0.6 is 11.3 Å². The summed E-state index contributed by atoms with van der Waals surface area (Å²) in [6.45, 7) is 0.497. The molecule has 1 unspecified atom stereocenters. The van der Waals surface area contributed by atoms with E-state index in [1.165, 1.54) is 44.1 Å². The number of carbonyl (C=O) groups is 1. The van der Waals surface area contributed by atoms with Gasteiger partial charge in [-0.15, -0.1) is 0 Å². The molecule has 1 N–H and O–H groups in total. The third kappa shape index (κ3) is 2.31. The number of thiophene rings is 1. The Balaban J connectivity index is 1.80. The van der Waals surface area contributed by atoms with E-state index in [1.54, 1.807) is 11.3 Å². The quantitative estimate of drug-likeness (QED) is 0.833. The number of amides is 1. The lowest BCUT2D eigenvalue weighted by Crippen LogP contribution is -2.39. The molecule has 3 nitrogen and oxygen atoms in total. The fourth-order valence-electron chi connectivity index (χ4n) is 3.18. The van der Waals surface area contributed by atoms with Gasteiger partial charge in [0.1, 0.15) is 6.17 Å². The van der Waals surface area contributed by atoms with Crippen molar-refractivity contribution in [1.82, 2.24) is 10.2 Å². The molecule has 1 atom stereocenters. The van der Waals surface area contributed by atoms with Gasteiger partial charge in [-0.3, -0.25) is 10.1 Å². The molecule has 0 bridgehead atoms. The van der Waals surface area contributed by atoms with Crippen LogP contribution in [0.2, 0.25) is 0 Å². The topological polar surface area (TPSA) is 32.3 Å². The molecule has 18 heavy (non-hydrogen) atoms. The molecular weight excluding hydrogens is 244 g/mol. The number of hydrogen-bond donors (Lipinski definition) is 1. The zero-order valence-electron chi connectivity index (χ0n) is 10.6. The Morgan fingerprint density at radius 3 is 2.67 bits per heavy atom. The minimum atomic E-state index is 0.117. The van der Waals surface area contributed by atoms with Crippen LogP contribution in [0.4, 0.5) is 0 Å². The van der Waals surface area contributed by atoms with E-state index >= 15 is 0 Å². The van der Waals surface area contributed by atoms with Gasteiger partial charge in [0.2, 0.25) is 5.91 Å². The van der Waals surface area contributed by atoms with Gasteiger partial charge < -0.3 is 4.90 Å². The lowest BCUT2D eigenvalue weighted by atomic mass is 10.1. The van der Waals surface area contributed by atoms with Crippen LogP contribution in [0.5, 0.6) is 0 Å². The van der Waals surface area contributed by atoms with Gasteiger partial charge in [-0.25, -0.2) is 0 Å². The number of carbonyl (C=O) groups excluding carboxylic acids is 1. The molecule has 0 aromatic carbocycles.